The smallest absolute Gasteiger partial charge is 0.238 e. The molecule has 0 fully saturated rings. The summed E-state index contributed by atoms with van der Waals surface area (Å²) >= 11 is 0. The standard InChI is InChI=1S/C19H24N2O3/c1-15-8-9-17(21-19(22)13-20-10-11-23-2)18(12-15)24-14-16-6-4-3-5-7-16/h3-9,12,20H,10-11,13-14H2,1-2H3,(H,21,22). The van der Waals surface area contributed by atoms with Gasteiger partial charge < -0.3 is 20.1 Å². The summed E-state index contributed by atoms with van der Waals surface area (Å²) in [5.74, 6) is 0.559. The lowest BCUT2D eigenvalue weighted by Gasteiger charge is -2.14. The number of ether oxygens (including phenoxy) is 2. The minimum Gasteiger partial charge on any atom is -0.487 e. The Labute approximate surface area is 143 Å². The fourth-order valence-corrected chi connectivity index (χ4v) is 2.16. The normalized spacial score (nSPS) is 10.4. The number of methoxy groups -OCH3 is 1. The number of anilines is 1. The first kappa shape index (κ1) is 18.0. The SMILES string of the molecule is COCCNCC(=O)Nc1ccc(C)cc1OCc1ccccc1. The van der Waals surface area contributed by atoms with Crippen LogP contribution in [0.3, 0.4) is 0 Å². The molecule has 0 unspecified atom stereocenters. The fraction of sp³-hybridized carbons (Fsp3) is 0.316. The van der Waals surface area contributed by atoms with Gasteiger partial charge in [0.05, 0.1) is 18.8 Å². The largest absolute Gasteiger partial charge is 0.487 e. The highest BCUT2D eigenvalue weighted by Crippen LogP contribution is 2.26. The molecule has 0 spiro atoms. The van der Waals surface area contributed by atoms with E-state index in [1.54, 1.807) is 7.11 Å². The number of rotatable bonds is 9. The minimum absolute atomic E-state index is 0.112. The maximum Gasteiger partial charge on any atom is 0.238 e. The molecule has 5 heteroatoms. The van der Waals surface area contributed by atoms with Crippen LogP contribution in [0.2, 0.25) is 0 Å². The third kappa shape index (κ3) is 6.02. The molecule has 0 bridgehead atoms. The summed E-state index contributed by atoms with van der Waals surface area (Å²) in [7, 11) is 1.63. The molecule has 0 heterocycles. The molecule has 5 nitrogen and oxygen atoms in total. The second-order valence-corrected chi connectivity index (χ2v) is 5.49. The molecule has 2 aromatic rings. The molecule has 2 rings (SSSR count). The Morgan fingerprint density at radius 1 is 1.12 bits per heavy atom. The number of aryl methyl sites for hydroxylation is 1. The zero-order valence-corrected chi connectivity index (χ0v) is 14.2. The lowest BCUT2D eigenvalue weighted by atomic mass is 10.2. The molecule has 0 aliphatic heterocycles. The highest BCUT2D eigenvalue weighted by molar-refractivity contribution is 5.93. The van der Waals surface area contributed by atoms with Gasteiger partial charge in [0, 0.05) is 13.7 Å². The van der Waals surface area contributed by atoms with E-state index < -0.39 is 0 Å². The Balaban J connectivity index is 1.95. The van der Waals surface area contributed by atoms with Crippen LogP contribution in [0.4, 0.5) is 5.69 Å². The fourth-order valence-electron chi connectivity index (χ4n) is 2.16. The van der Waals surface area contributed by atoms with Crippen molar-refractivity contribution < 1.29 is 14.3 Å². The van der Waals surface area contributed by atoms with Crippen molar-refractivity contribution in [2.75, 3.05) is 32.1 Å². The number of carbonyl (C=O) groups is 1. The summed E-state index contributed by atoms with van der Waals surface area (Å²) in [6.45, 7) is 3.89. The lowest BCUT2D eigenvalue weighted by Crippen LogP contribution is -2.30. The second-order valence-electron chi connectivity index (χ2n) is 5.49. The summed E-state index contributed by atoms with van der Waals surface area (Å²) in [6, 6.07) is 15.7. The van der Waals surface area contributed by atoms with Gasteiger partial charge in [-0.15, -0.1) is 0 Å². The van der Waals surface area contributed by atoms with Crippen LogP contribution in [0.25, 0.3) is 0 Å². The maximum absolute atomic E-state index is 12.0. The molecule has 0 saturated heterocycles. The van der Waals surface area contributed by atoms with E-state index in [4.69, 9.17) is 9.47 Å². The molecule has 128 valence electrons. The summed E-state index contributed by atoms with van der Waals surface area (Å²) < 4.78 is 10.8. The van der Waals surface area contributed by atoms with Crippen LogP contribution in [-0.2, 0) is 16.1 Å². The van der Waals surface area contributed by atoms with Gasteiger partial charge in [-0.3, -0.25) is 4.79 Å². The lowest BCUT2D eigenvalue weighted by molar-refractivity contribution is -0.115. The Bertz CT molecular complexity index is 644. The first-order chi connectivity index (χ1) is 11.7. The Morgan fingerprint density at radius 3 is 2.67 bits per heavy atom. The van der Waals surface area contributed by atoms with E-state index in [0.717, 1.165) is 11.1 Å². The number of benzene rings is 2. The minimum atomic E-state index is -0.112. The molecule has 2 aromatic carbocycles. The molecule has 0 aliphatic carbocycles. The third-order valence-corrected chi connectivity index (χ3v) is 3.42. The van der Waals surface area contributed by atoms with Crippen LogP contribution in [0.5, 0.6) is 5.75 Å². The zero-order valence-electron chi connectivity index (χ0n) is 14.2. The first-order valence-corrected chi connectivity index (χ1v) is 7.96. The van der Waals surface area contributed by atoms with E-state index >= 15 is 0 Å². The number of carbonyl (C=O) groups excluding carboxylic acids is 1. The summed E-state index contributed by atoms with van der Waals surface area (Å²) in [6.07, 6.45) is 0. The number of hydrogen-bond donors (Lipinski definition) is 2. The zero-order chi connectivity index (χ0) is 17.2. The van der Waals surface area contributed by atoms with E-state index in [1.807, 2.05) is 55.5 Å². The molecule has 24 heavy (non-hydrogen) atoms. The van der Waals surface area contributed by atoms with Crippen molar-refractivity contribution >= 4 is 11.6 Å². The van der Waals surface area contributed by atoms with Gasteiger partial charge in [-0.05, 0) is 30.2 Å². The molecule has 0 atom stereocenters. The van der Waals surface area contributed by atoms with Crippen molar-refractivity contribution in [1.82, 2.24) is 5.32 Å². The summed E-state index contributed by atoms with van der Waals surface area (Å²) in [4.78, 5) is 12.0. The van der Waals surface area contributed by atoms with Crippen LogP contribution in [0, 0.1) is 6.92 Å². The van der Waals surface area contributed by atoms with Crippen LogP contribution >= 0.6 is 0 Å². The van der Waals surface area contributed by atoms with Crippen molar-refractivity contribution in [2.24, 2.45) is 0 Å². The van der Waals surface area contributed by atoms with E-state index in [1.165, 1.54) is 0 Å². The molecular weight excluding hydrogens is 304 g/mol. The molecule has 0 aliphatic rings. The van der Waals surface area contributed by atoms with Crippen molar-refractivity contribution in [3.63, 3.8) is 0 Å². The van der Waals surface area contributed by atoms with E-state index in [0.29, 0.717) is 31.2 Å². The van der Waals surface area contributed by atoms with Crippen molar-refractivity contribution in [1.29, 1.82) is 0 Å². The van der Waals surface area contributed by atoms with Crippen molar-refractivity contribution in [3.05, 3.63) is 59.7 Å². The third-order valence-electron chi connectivity index (χ3n) is 3.42. The predicted octanol–water partition coefficient (Wildman–Crippen LogP) is 2.75. The molecule has 0 aromatic heterocycles. The average Bonchev–Trinajstić information content (AvgIpc) is 2.60. The van der Waals surface area contributed by atoms with Crippen molar-refractivity contribution in [3.8, 4) is 5.75 Å². The monoisotopic (exact) mass is 328 g/mol. The topological polar surface area (TPSA) is 59.6 Å². The maximum atomic E-state index is 12.0. The van der Waals surface area contributed by atoms with Gasteiger partial charge in [-0.25, -0.2) is 0 Å². The van der Waals surface area contributed by atoms with Gasteiger partial charge in [-0.2, -0.15) is 0 Å². The molecular formula is C19H24N2O3. The van der Waals surface area contributed by atoms with Crippen LogP contribution in [0.15, 0.2) is 48.5 Å². The average molecular weight is 328 g/mol. The van der Waals surface area contributed by atoms with Gasteiger partial charge in [-0.1, -0.05) is 36.4 Å². The van der Waals surface area contributed by atoms with Gasteiger partial charge in [0.1, 0.15) is 12.4 Å². The van der Waals surface area contributed by atoms with Gasteiger partial charge in [0.15, 0.2) is 0 Å². The Morgan fingerprint density at radius 2 is 1.92 bits per heavy atom. The highest BCUT2D eigenvalue weighted by Gasteiger charge is 2.08. The summed E-state index contributed by atoms with van der Waals surface area (Å²) in [5, 5.41) is 5.90. The van der Waals surface area contributed by atoms with Gasteiger partial charge >= 0.3 is 0 Å². The van der Waals surface area contributed by atoms with E-state index in [-0.39, 0.29) is 12.5 Å². The Hall–Kier alpha value is -2.37. The molecule has 1 amide bonds. The number of nitrogens with one attached hydrogen (secondary N) is 2. The predicted molar refractivity (Wildman–Crippen MR) is 95.3 cm³/mol. The van der Waals surface area contributed by atoms with Crippen molar-refractivity contribution in [2.45, 2.75) is 13.5 Å². The highest BCUT2D eigenvalue weighted by atomic mass is 16.5. The van der Waals surface area contributed by atoms with Crippen LogP contribution < -0.4 is 15.4 Å². The summed E-state index contributed by atoms with van der Waals surface area (Å²) in [5.41, 5.74) is 2.84. The Kier molecular flexibility index (Phi) is 7.26. The quantitative estimate of drug-likeness (QED) is 0.695. The second kappa shape index (κ2) is 9.70. The van der Waals surface area contributed by atoms with Crippen LogP contribution in [0.1, 0.15) is 11.1 Å². The van der Waals surface area contributed by atoms with Gasteiger partial charge in [0.2, 0.25) is 5.91 Å². The van der Waals surface area contributed by atoms with E-state index in [2.05, 4.69) is 10.6 Å². The van der Waals surface area contributed by atoms with Gasteiger partial charge in [0.25, 0.3) is 0 Å². The van der Waals surface area contributed by atoms with Crippen LogP contribution in [-0.4, -0.2) is 32.7 Å². The first-order valence-electron chi connectivity index (χ1n) is 7.96. The number of hydrogen-bond acceptors (Lipinski definition) is 4. The van der Waals surface area contributed by atoms with E-state index in [9.17, 15) is 4.79 Å². The molecule has 2 N–H and O–H groups in total. The molecule has 0 radical (unpaired) electrons. The molecule has 0 saturated carbocycles. The number of amides is 1.